The van der Waals surface area contributed by atoms with Gasteiger partial charge in [0.1, 0.15) is 11.3 Å². The molecule has 2 N–H and O–H groups in total. The summed E-state index contributed by atoms with van der Waals surface area (Å²) in [6, 6.07) is 20.1. The fourth-order valence-corrected chi connectivity index (χ4v) is 3.41. The fraction of sp³-hybridized carbons (Fsp3) is 0.0833. The lowest BCUT2D eigenvalue weighted by Gasteiger charge is -2.15. The maximum atomic E-state index is 14.1. The second-order valence-electron chi connectivity index (χ2n) is 6.95. The summed E-state index contributed by atoms with van der Waals surface area (Å²) in [4.78, 5) is 25.7. The van der Waals surface area contributed by atoms with E-state index in [0.717, 1.165) is 0 Å². The van der Waals surface area contributed by atoms with E-state index in [0.29, 0.717) is 21.1 Å². The molecule has 8 heteroatoms. The minimum Gasteiger partial charge on any atom is -0.478 e. The molecule has 0 saturated carbocycles. The van der Waals surface area contributed by atoms with Gasteiger partial charge < -0.3 is 19.8 Å². The molecule has 0 aliphatic carbocycles. The van der Waals surface area contributed by atoms with Gasteiger partial charge in [0, 0.05) is 15.5 Å². The minimum atomic E-state index is -1.04. The van der Waals surface area contributed by atoms with E-state index < -0.39 is 23.7 Å². The van der Waals surface area contributed by atoms with Crippen LogP contribution in [0.2, 0.25) is 0 Å². The average Bonchev–Trinajstić information content (AvgIpc) is 3.15. The highest BCUT2D eigenvalue weighted by Gasteiger charge is 2.25. The predicted molar refractivity (Wildman–Crippen MR) is 123 cm³/mol. The molecule has 1 atom stereocenters. The molecule has 6 nitrogen and oxygen atoms in total. The van der Waals surface area contributed by atoms with Crippen molar-refractivity contribution in [3.05, 3.63) is 88.8 Å². The summed E-state index contributed by atoms with van der Waals surface area (Å²) < 4.78 is 25.8. The van der Waals surface area contributed by atoms with Gasteiger partial charge in [-0.1, -0.05) is 46.3 Å². The van der Waals surface area contributed by atoms with Crippen molar-refractivity contribution in [3.63, 3.8) is 0 Å². The Morgan fingerprint density at radius 1 is 1.00 bits per heavy atom. The second kappa shape index (κ2) is 9.23. The van der Waals surface area contributed by atoms with Gasteiger partial charge in [0.2, 0.25) is 5.76 Å². The largest absolute Gasteiger partial charge is 0.478 e. The molecular weight excluding hydrogens is 479 g/mol. The van der Waals surface area contributed by atoms with Gasteiger partial charge in [-0.05, 0) is 49.4 Å². The standard InChI is InChI=1S/C24H18BrFN2O4/c1-14(31-20-12-11-15(25)13-18(20)26)23(29)28-21-17-9-5-6-10-19(17)32-22(21)24(30)27-16-7-3-2-4-8-16/h2-14H,1H3,(H,27,30)(H,28,29). The summed E-state index contributed by atoms with van der Waals surface area (Å²) in [5.41, 5.74) is 1.23. The zero-order chi connectivity index (χ0) is 22.7. The number of carbonyl (C=O) groups excluding carboxylic acids is 2. The highest BCUT2D eigenvalue weighted by Crippen LogP contribution is 2.32. The molecule has 1 unspecified atom stereocenters. The van der Waals surface area contributed by atoms with Crippen LogP contribution in [0.25, 0.3) is 11.0 Å². The van der Waals surface area contributed by atoms with Crippen molar-refractivity contribution >= 4 is 50.1 Å². The summed E-state index contributed by atoms with van der Waals surface area (Å²) >= 11 is 3.18. The number of fused-ring (bicyclic) bond motifs is 1. The second-order valence-corrected chi connectivity index (χ2v) is 7.86. The monoisotopic (exact) mass is 496 g/mol. The Hall–Kier alpha value is -3.65. The first-order valence-electron chi connectivity index (χ1n) is 9.73. The van der Waals surface area contributed by atoms with Crippen molar-refractivity contribution in [2.75, 3.05) is 10.6 Å². The van der Waals surface area contributed by atoms with E-state index in [4.69, 9.17) is 9.15 Å². The summed E-state index contributed by atoms with van der Waals surface area (Å²) in [6.45, 7) is 1.49. The molecule has 3 aromatic carbocycles. The summed E-state index contributed by atoms with van der Waals surface area (Å²) in [5.74, 6) is -1.79. The Balaban J connectivity index is 1.59. The molecule has 2 amide bonds. The molecule has 0 aliphatic rings. The summed E-state index contributed by atoms with van der Waals surface area (Å²) in [7, 11) is 0. The molecule has 0 spiro atoms. The number of amides is 2. The average molecular weight is 497 g/mol. The van der Waals surface area contributed by atoms with Crippen molar-refractivity contribution in [3.8, 4) is 5.75 Å². The van der Waals surface area contributed by atoms with Crippen LogP contribution < -0.4 is 15.4 Å². The topological polar surface area (TPSA) is 80.6 Å². The molecule has 4 aromatic rings. The first kappa shape index (κ1) is 21.6. The lowest BCUT2D eigenvalue weighted by atomic mass is 10.2. The first-order chi connectivity index (χ1) is 15.4. The molecule has 0 bridgehead atoms. The van der Waals surface area contributed by atoms with Crippen molar-refractivity contribution in [2.24, 2.45) is 0 Å². The third-order valence-electron chi connectivity index (χ3n) is 4.65. The van der Waals surface area contributed by atoms with Crippen molar-refractivity contribution in [1.29, 1.82) is 0 Å². The van der Waals surface area contributed by atoms with E-state index in [9.17, 15) is 14.0 Å². The Kier molecular flexibility index (Phi) is 6.23. The quantitative estimate of drug-likeness (QED) is 0.343. The van der Waals surface area contributed by atoms with Crippen molar-refractivity contribution in [1.82, 2.24) is 0 Å². The van der Waals surface area contributed by atoms with Gasteiger partial charge >= 0.3 is 0 Å². The maximum absolute atomic E-state index is 14.1. The molecule has 32 heavy (non-hydrogen) atoms. The number of halogens is 2. The van der Waals surface area contributed by atoms with Gasteiger partial charge in [0.05, 0.1) is 0 Å². The highest BCUT2D eigenvalue weighted by molar-refractivity contribution is 9.10. The van der Waals surface area contributed by atoms with E-state index >= 15 is 0 Å². The molecular formula is C24H18BrFN2O4. The first-order valence-corrected chi connectivity index (χ1v) is 10.5. The zero-order valence-electron chi connectivity index (χ0n) is 16.9. The maximum Gasteiger partial charge on any atom is 0.293 e. The third-order valence-corrected chi connectivity index (χ3v) is 5.14. The van der Waals surface area contributed by atoms with E-state index in [1.54, 1.807) is 54.6 Å². The lowest BCUT2D eigenvalue weighted by Crippen LogP contribution is -2.31. The molecule has 4 rings (SSSR count). The number of carbonyl (C=O) groups is 2. The third kappa shape index (κ3) is 4.65. The molecule has 0 saturated heterocycles. The van der Waals surface area contributed by atoms with Crippen LogP contribution in [0.1, 0.15) is 17.5 Å². The van der Waals surface area contributed by atoms with Gasteiger partial charge in [-0.15, -0.1) is 0 Å². The number of hydrogen-bond acceptors (Lipinski definition) is 4. The van der Waals surface area contributed by atoms with Crippen LogP contribution >= 0.6 is 15.9 Å². The number of furan rings is 1. The molecule has 1 heterocycles. The molecule has 162 valence electrons. The van der Waals surface area contributed by atoms with Crippen LogP contribution in [0.3, 0.4) is 0 Å². The number of benzene rings is 3. The van der Waals surface area contributed by atoms with Gasteiger partial charge in [-0.3, -0.25) is 9.59 Å². The van der Waals surface area contributed by atoms with E-state index in [-0.39, 0.29) is 17.2 Å². The number of nitrogens with one attached hydrogen (secondary N) is 2. The van der Waals surface area contributed by atoms with E-state index in [1.165, 1.54) is 19.1 Å². The van der Waals surface area contributed by atoms with Crippen LogP contribution in [0.4, 0.5) is 15.8 Å². The normalized spacial score (nSPS) is 11.7. The predicted octanol–water partition coefficient (Wildman–Crippen LogP) is 5.99. The highest BCUT2D eigenvalue weighted by atomic mass is 79.9. The van der Waals surface area contributed by atoms with E-state index in [2.05, 4.69) is 26.6 Å². The van der Waals surface area contributed by atoms with Gasteiger partial charge in [0.15, 0.2) is 17.7 Å². The van der Waals surface area contributed by atoms with Crippen LogP contribution in [0, 0.1) is 5.82 Å². The number of anilines is 2. The Bertz CT molecular complexity index is 1290. The molecule has 1 aromatic heterocycles. The Labute approximate surface area is 191 Å². The number of ether oxygens (including phenoxy) is 1. The van der Waals surface area contributed by atoms with Crippen LogP contribution in [-0.4, -0.2) is 17.9 Å². The number of hydrogen-bond donors (Lipinski definition) is 2. The summed E-state index contributed by atoms with van der Waals surface area (Å²) in [6.07, 6.45) is -1.04. The lowest BCUT2D eigenvalue weighted by molar-refractivity contribution is -0.122. The molecule has 0 radical (unpaired) electrons. The van der Waals surface area contributed by atoms with Crippen LogP contribution in [0.15, 0.2) is 81.7 Å². The van der Waals surface area contributed by atoms with Gasteiger partial charge in [-0.25, -0.2) is 4.39 Å². The van der Waals surface area contributed by atoms with E-state index in [1.807, 2.05) is 6.07 Å². The smallest absolute Gasteiger partial charge is 0.293 e. The van der Waals surface area contributed by atoms with Gasteiger partial charge in [-0.2, -0.15) is 0 Å². The fourth-order valence-electron chi connectivity index (χ4n) is 3.08. The van der Waals surface area contributed by atoms with Gasteiger partial charge in [0.25, 0.3) is 11.8 Å². The number of rotatable bonds is 6. The van der Waals surface area contributed by atoms with Crippen LogP contribution in [-0.2, 0) is 4.79 Å². The van der Waals surface area contributed by atoms with Crippen LogP contribution in [0.5, 0.6) is 5.75 Å². The molecule has 0 fully saturated rings. The summed E-state index contributed by atoms with van der Waals surface area (Å²) in [5, 5.41) is 6.00. The van der Waals surface area contributed by atoms with Crippen molar-refractivity contribution in [2.45, 2.75) is 13.0 Å². The SMILES string of the molecule is CC(Oc1ccc(Br)cc1F)C(=O)Nc1c(C(=O)Nc2ccccc2)oc2ccccc12. The zero-order valence-corrected chi connectivity index (χ0v) is 18.5. The minimum absolute atomic E-state index is 0.0505. The number of para-hydroxylation sites is 2. The van der Waals surface area contributed by atoms with Crippen molar-refractivity contribution < 1.29 is 23.1 Å². The molecule has 0 aliphatic heterocycles. The Morgan fingerprint density at radius 2 is 1.72 bits per heavy atom. The Morgan fingerprint density at radius 3 is 2.47 bits per heavy atom.